The van der Waals surface area contributed by atoms with Crippen molar-refractivity contribution >= 4 is 0 Å². The monoisotopic (exact) mass is 278 g/mol. The molecule has 1 aromatic heterocycles. The van der Waals surface area contributed by atoms with Gasteiger partial charge in [-0.2, -0.15) is 4.98 Å². The zero-order valence-electron chi connectivity index (χ0n) is 12.4. The van der Waals surface area contributed by atoms with Crippen LogP contribution in [0.15, 0.2) is 4.52 Å². The Bertz CT molecular complexity index is 424. The summed E-state index contributed by atoms with van der Waals surface area (Å²) in [6.07, 6.45) is 10.3. The fourth-order valence-electron chi connectivity index (χ4n) is 3.91. The van der Waals surface area contributed by atoms with E-state index in [4.69, 9.17) is 4.52 Å². The van der Waals surface area contributed by atoms with Crippen molar-refractivity contribution in [1.29, 1.82) is 0 Å². The molecule has 4 heteroatoms. The number of rotatable bonds is 4. The summed E-state index contributed by atoms with van der Waals surface area (Å²) in [5.41, 5.74) is 0. The molecule has 2 atom stereocenters. The van der Waals surface area contributed by atoms with Crippen LogP contribution in [-0.4, -0.2) is 21.4 Å². The number of hydrogen-bond donors (Lipinski definition) is 1. The van der Waals surface area contributed by atoms with Crippen LogP contribution in [0, 0.1) is 5.92 Å². The molecule has 4 nitrogen and oxygen atoms in total. The minimum absolute atomic E-state index is 0.0766. The molecule has 20 heavy (non-hydrogen) atoms. The first-order valence-electron chi connectivity index (χ1n) is 8.29. The number of aliphatic hydroxyl groups is 1. The molecule has 0 spiro atoms. The van der Waals surface area contributed by atoms with Crippen LogP contribution in [-0.2, 0) is 0 Å². The lowest BCUT2D eigenvalue weighted by atomic mass is 9.80. The van der Waals surface area contributed by atoms with E-state index in [0.29, 0.717) is 11.8 Å². The van der Waals surface area contributed by atoms with Gasteiger partial charge in [0.15, 0.2) is 5.82 Å². The topological polar surface area (TPSA) is 59.2 Å². The molecule has 0 aliphatic heterocycles. The summed E-state index contributed by atoms with van der Waals surface area (Å²) in [4.78, 5) is 4.60. The molecule has 1 aromatic rings. The summed E-state index contributed by atoms with van der Waals surface area (Å²) in [6, 6.07) is 0. The summed E-state index contributed by atoms with van der Waals surface area (Å²) in [5, 5.41) is 14.1. The second-order valence-electron chi connectivity index (χ2n) is 6.60. The fraction of sp³-hybridized carbons (Fsp3) is 0.875. The molecule has 2 unspecified atom stereocenters. The van der Waals surface area contributed by atoms with Gasteiger partial charge >= 0.3 is 0 Å². The molecule has 1 heterocycles. The van der Waals surface area contributed by atoms with Crippen LogP contribution in [0.4, 0.5) is 0 Å². The number of aliphatic hydroxyl groups excluding tert-OH is 1. The van der Waals surface area contributed by atoms with Crippen molar-refractivity contribution in [3.8, 4) is 0 Å². The molecule has 0 amide bonds. The maximum atomic E-state index is 9.93. The molecule has 0 aromatic carbocycles. The van der Waals surface area contributed by atoms with E-state index in [0.717, 1.165) is 31.0 Å². The molecule has 2 aliphatic rings. The summed E-state index contributed by atoms with van der Waals surface area (Å²) < 4.78 is 5.43. The van der Waals surface area contributed by atoms with E-state index in [1.807, 2.05) is 0 Å². The Kier molecular flexibility index (Phi) is 4.39. The van der Waals surface area contributed by atoms with Crippen molar-refractivity contribution < 1.29 is 9.63 Å². The van der Waals surface area contributed by atoms with E-state index >= 15 is 0 Å². The van der Waals surface area contributed by atoms with Gasteiger partial charge in [0.1, 0.15) is 0 Å². The third-order valence-corrected chi connectivity index (χ3v) is 5.16. The zero-order valence-corrected chi connectivity index (χ0v) is 12.4. The van der Waals surface area contributed by atoms with Gasteiger partial charge in [0.2, 0.25) is 5.89 Å². The zero-order chi connectivity index (χ0) is 13.9. The SMILES string of the molecule is CCCC1CCC(c2noc(C3CCCC3O)n2)CC1. The van der Waals surface area contributed by atoms with Crippen LogP contribution in [0.5, 0.6) is 0 Å². The third-order valence-electron chi connectivity index (χ3n) is 5.16. The van der Waals surface area contributed by atoms with Crippen molar-refractivity contribution in [2.75, 3.05) is 0 Å². The van der Waals surface area contributed by atoms with Crippen molar-refractivity contribution in [2.24, 2.45) is 5.92 Å². The van der Waals surface area contributed by atoms with E-state index in [9.17, 15) is 5.11 Å². The van der Waals surface area contributed by atoms with Gasteiger partial charge in [0.25, 0.3) is 0 Å². The molecule has 3 rings (SSSR count). The van der Waals surface area contributed by atoms with Crippen LogP contribution in [0.2, 0.25) is 0 Å². The van der Waals surface area contributed by atoms with Crippen LogP contribution >= 0.6 is 0 Å². The number of aromatic nitrogens is 2. The van der Waals surface area contributed by atoms with Crippen molar-refractivity contribution in [2.45, 2.75) is 82.7 Å². The van der Waals surface area contributed by atoms with E-state index in [1.165, 1.54) is 38.5 Å². The van der Waals surface area contributed by atoms with Gasteiger partial charge in [-0.15, -0.1) is 0 Å². The summed E-state index contributed by atoms with van der Waals surface area (Å²) in [5.74, 6) is 3.00. The molecule has 2 aliphatic carbocycles. The lowest BCUT2D eigenvalue weighted by Gasteiger charge is -2.26. The minimum Gasteiger partial charge on any atom is -0.392 e. The number of nitrogens with zero attached hydrogens (tertiary/aromatic N) is 2. The first-order valence-corrected chi connectivity index (χ1v) is 8.29. The van der Waals surface area contributed by atoms with Crippen LogP contribution < -0.4 is 0 Å². The predicted molar refractivity (Wildman–Crippen MR) is 76.5 cm³/mol. The minimum atomic E-state index is -0.288. The van der Waals surface area contributed by atoms with E-state index < -0.39 is 0 Å². The average molecular weight is 278 g/mol. The highest BCUT2D eigenvalue weighted by Gasteiger charge is 2.33. The maximum Gasteiger partial charge on any atom is 0.232 e. The van der Waals surface area contributed by atoms with Gasteiger partial charge in [0.05, 0.1) is 12.0 Å². The Hall–Kier alpha value is -0.900. The van der Waals surface area contributed by atoms with Crippen LogP contribution in [0.1, 0.15) is 88.3 Å². The number of hydrogen-bond acceptors (Lipinski definition) is 4. The molecule has 2 saturated carbocycles. The molecule has 2 fully saturated rings. The fourth-order valence-corrected chi connectivity index (χ4v) is 3.91. The highest BCUT2D eigenvalue weighted by atomic mass is 16.5. The van der Waals surface area contributed by atoms with Crippen LogP contribution in [0.25, 0.3) is 0 Å². The Morgan fingerprint density at radius 1 is 1.15 bits per heavy atom. The van der Waals surface area contributed by atoms with Gasteiger partial charge in [0, 0.05) is 5.92 Å². The Labute approximate surface area is 121 Å². The second kappa shape index (κ2) is 6.25. The molecule has 0 bridgehead atoms. The quantitative estimate of drug-likeness (QED) is 0.910. The van der Waals surface area contributed by atoms with Gasteiger partial charge in [-0.1, -0.05) is 24.9 Å². The lowest BCUT2D eigenvalue weighted by molar-refractivity contribution is 0.148. The smallest absolute Gasteiger partial charge is 0.232 e. The molecule has 1 N–H and O–H groups in total. The van der Waals surface area contributed by atoms with E-state index in [2.05, 4.69) is 17.1 Å². The molecular formula is C16H26N2O2. The third kappa shape index (κ3) is 2.90. The van der Waals surface area contributed by atoms with Crippen LogP contribution in [0.3, 0.4) is 0 Å². The second-order valence-corrected chi connectivity index (χ2v) is 6.60. The summed E-state index contributed by atoms with van der Waals surface area (Å²) in [7, 11) is 0. The molecular weight excluding hydrogens is 252 g/mol. The first-order chi connectivity index (χ1) is 9.78. The standard InChI is InChI=1S/C16H26N2O2/c1-2-4-11-7-9-12(10-8-11)15-17-16(20-18-15)13-5-3-6-14(13)19/h11-14,19H,2-10H2,1H3. The average Bonchev–Trinajstić information content (AvgIpc) is 3.08. The Balaban J connectivity index is 1.60. The van der Waals surface area contributed by atoms with E-state index in [1.54, 1.807) is 0 Å². The highest BCUT2D eigenvalue weighted by Crippen LogP contribution is 2.38. The van der Waals surface area contributed by atoms with Crippen molar-refractivity contribution in [3.63, 3.8) is 0 Å². The van der Waals surface area contributed by atoms with Gasteiger partial charge in [-0.25, -0.2) is 0 Å². The van der Waals surface area contributed by atoms with Gasteiger partial charge in [-0.05, 0) is 50.9 Å². The molecule has 0 saturated heterocycles. The largest absolute Gasteiger partial charge is 0.392 e. The maximum absolute atomic E-state index is 9.93. The Morgan fingerprint density at radius 2 is 1.95 bits per heavy atom. The molecule has 112 valence electrons. The summed E-state index contributed by atoms with van der Waals surface area (Å²) in [6.45, 7) is 2.27. The Morgan fingerprint density at radius 3 is 2.60 bits per heavy atom. The predicted octanol–water partition coefficient (Wildman–Crippen LogP) is 3.77. The normalized spacial score (nSPS) is 34.5. The summed E-state index contributed by atoms with van der Waals surface area (Å²) >= 11 is 0. The van der Waals surface area contributed by atoms with Crippen molar-refractivity contribution in [1.82, 2.24) is 10.1 Å². The van der Waals surface area contributed by atoms with Gasteiger partial charge < -0.3 is 9.63 Å². The van der Waals surface area contributed by atoms with Gasteiger partial charge in [-0.3, -0.25) is 0 Å². The lowest BCUT2D eigenvalue weighted by Crippen LogP contribution is -2.15. The van der Waals surface area contributed by atoms with E-state index in [-0.39, 0.29) is 12.0 Å². The van der Waals surface area contributed by atoms with Crippen molar-refractivity contribution in [3.05, 3.63) is 11.7 Å². The molecule has 0 radical (unpaired) electrons. The first kappa shape index (κ1) is 14.1. The highest BCUT2D eigenvalue weighted by molar-refractivity contribution is 5.04.